The van der Waals surface area contributed by atoms with E-state index in [1.54, 1.807) is 6.08 Å². The first-order valence-electron chi connectivity index (χ1n) is 2.65. The van der Waals surface area contributed by atoms with E-state index in [-0.39, 0.29) is 5.92 Å². The van der Waals surface area contributed by atoms with E-state index in [9.17, 15) is 0 Å². The Morgan fingerprint density at radius 2 is 1.88 bits per heavy atom. The third kappa shape index (κ3) is 1.94. The molecule has 0 bridgehead atoms. The van der Waals surface area contributed by atoms with Crippen molar-refractivity contribution in [3.63, 3.8) is 0 Å². The van der Waals surface area contributed by atoms with Crippen molar-refractivity contribution in [1.82, 2.24) is 0 Å². The van der Waals surface area contributed by atoms with Gasteiger partial charge in [-0.3, -0.25) is 0 Å². The Hall–Kier alpha value is -0.560. The highest BCUT2D eigenvalue weighted by Crippen LogP contribution is 2.02. The van der Waals surface area contributed by atoms with Crippen molar-refractivity contribution >= 4 is 0 Å². The van der Waals surface area contributed by atoms with Crippen LogP contribution in [0, 0.1) is 5.92 Å². The summed E-state index contributed by atoms with van der Waals surface area (Å²) >= 11 is 0. The van der Waals surface area contributed by atoms with E-state index in [4.69, 9.17) is 5.11 Å². The Kier molecular flexibility index (Phi) is 3.20. The van der Waals surface area contributed by atoms with Gasteiger partial charge in [0.25, 0.3) is 0 Å². The van der Waals surface area contributed by atoms with E-state index in [0.29, 0.717) is 0 Å². The van der Waals surface area contributed by atoms with Crippen LogP contribution >= 0.6 is 0 Å². The summed E-state index contributed by atoms with van der Waals surface area (Å²) in [7, 11) is 0. The van der Waals surface area contributed by atoms with E-state index in [2.05, 4.69) is 13.2 Å². The van der Waals surface area contributed by atoms with Crippen LogP contribution in [0.2, 0.25) is 0 Å². The van der Waals surface area contributed by atoms with Gasteiger partial charge in [0, 0.05) is 5.92 Å². The highest BCUT2D eigenvalue weighted by atomic mass is 16.3. The molecule has 1 N–H and O–H groups in total. The smallest absolute Gasteiger partial charge is 0.0778 e. The number of aliphatic hydroxyl groups excluding tert-OH is 1. The first kappa shape index (κ1) is 7.44. The fraction of sp³-hybridized carbons (Fsp3) is 0.429. The minimum absolute atomic E-state index is 0.118. The van der Waals surface area contributed by atoms with Crippen molar-refractivity contribution in [1.29, 1.82) is 0 Å². The van der Waals surface area contributed by atoms with Gasteiger partial charge in [-0.05, 0) is 0 Å². The van der Waals surface area contributed by atoms with E-state index >= 15 is 0 Å². The van der Waals surface area contributed by atoms with Crippen molar-refractivity contribution in [2.45, 2.75) is 13.0 Å². The number of rotatable bonds is 3. The Morgan fingerprint density at radius 3 is 2.00 bits per heavy atom. The second-order valence-corrected chi connectivity index (χ2v) is 1.82. The Morgan fingerprint density at radius 1 is 1.38 bits per heavy atom. The standard InChI is InChI=1S/C7H12O/c1-4-6(3)7(8)5-2/h4-8H,1-2H2,3H3/t6-,7-/m1/s1. The maximum Gasteiger partial charge on any atom is 0.0778 e. The minimum atomic E-state index is -0.438. The molecule has 0 aromatic carbocycles. The molecule has 8 heavy (non-hydrogen) atoms. The van der Waals surface area contributed by atoms with Crippen LogP contribution in [0.15, 0.2) is 25.3 Å². The lowest BCUT2D eigenvalue weighted by molar-refractivity contribution is 0.186. The van der Waals surface area contributed by atoms with E-state index in [1.807, 2.05) is 6.92 Å². The molecule has 0 aliphatic carbocycles. The van der Waals surface area contributed by atoms with Crippen LogP contribution in [0.25, 0.3) is 0 Å². The summed E-state index contributed by atoms with van der Waals surface area (Å²) in [6, 6.07) is 0. The lowest BCUT2D eigenvalue weighted by atomic mass is 10.1. The Labute approximate surface area is 50.3 Å². The van der Waals surface area contributed by atoms with Crippen LogP contribution in [0.1, 0.15) is 6.92 Å². The molecule has 0 spiro atoms. The molecule has 0 rings (SSSR count). The van der Waals surface area contributed by atoms with Gasteiger partial charge in [0.1, 0.15) is 0 Å². The SMILES string of the molecule is C=C[C@@H](C)[C@H](O)C=C. The van der Waals surface area contributed by atoms with Gasteiger partial charge in [0.15, 0.2) is 0 Å². The Balaban J connectivity index is 3.60. The number of aliphatic hydroxyl groups is 1. The number of hydrogen-bond donors (Lipinski definition) is 1. The molecular weight excluding hydrogens is 100 g/mol. The summed E-state index contributed by atoms with van der Waals surface area (Å²) in [5.74, 6) is 0.118. The molecule has 1 nitrogen and oxygen atoms in total. The molecule has 0 radical (unpaired) electrons. The summed E-state index contributed by atoms with van der Waals surface area (Å²) in [5.41, 5.74) is 0. The van der Waals surface area contributed by atoms with Gasteiger partial charge in [-0.2, -0.15) is 0 Å². The zero-order valence-corrected chi connectivity index (χ0v) is 5.17. The first-order valence-corrected chi connectivity index (χ1v) is 2.65. The van der Waals surface area contributed by atoms with Crippen LogP contribution in [0.5, 0.6) is 0 Å². The summed E-state index contributed by atoms with van der Waals surface area (Å²) in [6.45, 7) is 8.84. The van der Waals surface area contributed by atoms with Crippen molar-refractivity contribution in [2.24, 2.45) is 5.92 Å². The third-order valence-electron chi connectivity index (χ3n) is 1.15. The molecule has 0 aromatic heterocycles. The topological polar surface area (TPSA) is 20.2 Å². The first-order chi connectivity index (χ1) is 3.72. The fourth-order valence-corrected chi connectivity index (χ4v) is 0.354. The van der Waals surface area contributed by atoms with Crippen molar-refractivity contribution in [3.8, 4) is 0 Å². The van der Waals surface area contributed by atoms with Crippen molar-refractivity contribution in [2.75, 3.05) is 0 Å². The molecule has 0 aliphatic rings. The predicted octanol–water partition coefficient (Wildman–Crippen LogP) is 1.36. The zero-order valence-electron chi connectivity index (χ0n) is 5.17. The molecule has 0 fully saturated rings. The lowest BCUT2D eigenvalue weighted by Crippen LogP contribution is -2.10. The van der Waals surface area contributed by atoms with Gasteiger partial charge < -0.3 is 5.11 Å². The van der Waals surface area contributed by atoms with Crippen LogP contribution < -0.4 is 0 Å². The van der Waals surface area contributed by atoms with Gasteiger partial charge in [-0.1, -0.05) is 19.1 Å². The molecule has 0 heterocycles. The van der Waals surface area contributed by atoms with Crippen LogP contribution in [-0.2, 0) is 0 Å². The summed E-state index contributed by atoms with van der Waals surface area (Å²) in [6.07, 6.45) is 2.77. The Bertz CT molecular complexity index is 74.4. The molecule has 1 heteroatoms. The largest absolute Gasteiger partial charge is 0.388 e. The molecule has 0 aromatic rings. The average Bonchev–Trinajstić information content (AvgIpc) is 1.84. The van der Waals surface area contributed by atoms with E-state index in [1.165, 1.54) is 6.08 Å². The summed E-state index contributed by atoms with van der Waals surface area (Å²) < 4.78 is 0. The monoisotopic (exact) mass is 112 g/mol. The summed E-state index contributed by atoms with van der Waals surface area (Å²) in [4.78, 5) is 0. The molecule has 2 atom stereocenters. The van der Waals surface area contributed by atoms with Gasteiger partial charge in [0.05, 0.1) is 6.10 Å². The van der Waals surface area contributed by atoms with E-state index < -0.39 is 6.10 Å². The van der Waals surface area contributed by atoms with Crippen LogP contribution in [0.4, 0.5) is 0 Å². The highest BCUT2D eigenvalue weighted by Gasteiger charge is 2.03. The second-order valence-electron chi connectivity index (χ2n) is 1.82. The molecule has 46 valence electrons. The van der Waals surface area contributed by atoms with Gasteiger partial charge in [-0.15, -0.1) is 13.2 Å². The number of hydrogen-bond acceptors (Lipinski definition) is 1. The molecule has 0 saturated heterocycles. The maximum absolute atomic E-state index is 8.94. The minimum Gasteiger partial charge on any atom is -0.388 e. The molecule has 0 aliphatic heterocycles. The normalized spacial score (nSPS) is 16.8. The van der Waals surface area contributed by atoms with Gasteiger partial charge >= 0.3 is 0 Å². The fourth-order valence-electron chi connectivity index (χ4n) is 0.354. The van der Waals surface area contributed by atoms with Crippen molar-refractivity contribution < 1.29 is 5.11 Å². The maximum atomic E-state index is 8.94. The molecule has 0 amide bonds. The lowest BCUT2D eigenvalue weighted by Gasteiger charge is -2.07. The van der Waals surface area contributed by atoms with Gasteiger partial charge in [0.2, 0.25) is 0 Å². The van der Waals surface area contributed by atoms with Crippen LogP contribution in [0.3, 0.4) is 0 Å². The average molecular weight is 112 g/mol. The summed E-state index contributed by atoms with van der Waals surface area (Å²) in [5, 5.41) is 8.94. The molecule has 0 unspecified atom stereocenters. The third-order valence-corrected chi connectivity index (χ3v) is 1.15. The molecular formula is C7H12O. The second kappa shape index (κ2) is 3.44. The van der Waals surface area contributed by atoms with E-state index in [0.717, 1.165) is 0 Å². The molecule has 0 saturated carbocycles. The van der Waals surface area contributed by atoms with Gasteiger partial charge in [-0.25, -0.2) is 0 Å². The highest BCUT2D eigenvalue weighted by molar-refractivity contribution is 4.90. The zero-order chi connectivity index (χ0) is 6.57. The predicted molar refractivity (Wildman–Crippen MR) is 35.6 cm³/mol. The van der Waals surface area contributed by atoms with Crippen LogP contribution in [-0.4, -0.2) is 11.2 Å². The van der Waals surface area contributed by atoms with Crippen molar-refractivity contribution in [3.05, 3.63) is 25.3 Å². The quantitative estimate of drug-likeness (QED) is 0.546.